The van der Waals surface area contributed by atoms with Gasteiger partial charge in [-0.3, -0.25) is 0 Å². The van der Waals surface area contributed by atoms with Crippen LogP contribution >= 0.6 is 0 Å². The summed E-state index contributed by atoms with van der Waals surface area (Å²) in [6.07, 6.45) is 0. The molecular weight excluding hydrogens is 190 g/mol. The number of hydrogen-bond acceptors (Lipinski definition) is 4. The molecule has 0 fully saturated rings. The van der Waals surface area contributed by atoms with Gasteiger partial charge in [-0.15, -0.1) is 0 Å². The Balaban J connectivity index is 2.12. The molecule has 1 aromatic carbocycles. The Morgan fingerprint density at radius 1 is 1.07 bits per heavy atom. The van der Waals surface area contributed by atoms with Crippen molar-refractivity contribution < 1.29 is 5.11 Å². The minimum Gasteiger partial charge on any atom is -0.508 e. The van der Waals surface area contributed by atoms with Crippen LogP contribution in [0.25, 0.3) is 0 Å². The van der Waals surface area contributed by atoms with Gasteiger partial charge in [0.1, 0.15) is 5.75 Å². The number of rotatable bonds is 7. The quantitative estimate of drug-likeness (QED) is 0.478. The van der Waals surface area contributed by atoms with Gasteiger partial charge in [-0.05, 0) is 6.07 Å². The molecule has 1 aromatic rings. The van der Waals surface area contributed by atoms with Crippen LogP contribution in [0.15, 0.2) is 24.3 Å². The van der Waals surface area contributed by atoms with Crippen LogP contribution in [0.1, 0.15) is 5.56 Å². The topological polar surface area (TPSA) is 70.3 Å². The normalized spacial score (nSPS) is 10.5. The highest BCUT2D eigenvalue weighted by Gasteiger charge is 1.97. The van der Waals surface area contributed by atoms with Gasteiger partial charge in [0, 0.05) is 38.3 Å². The summed E-state index contributed by atoms with van der Waals surface area (Å²) in [6.45, 7) is 3.97. The molecule has 0 aliphatic rings. The largest absolute Gasteiger partial charge is 0.508 e. The van der Waals surface area contributed by atoms with Crippen LogP contribution in [-0.2, 0) is 6.54 Å². The monoisotopic (exact) mass is 209 g/mol. The van der Waals surface area contributed by atoms with E-state index in [-0.39, 0.29) is 0 Å². The first-order valence-corrected chi connectivity index (χ1v) is 5.23. The molecule has 0 bridgehead atoms. The average Bonchev–Trinajstić information content (AvgIpc) is 2.25. The Hall–Kier alpha value is -1.10. The Bertz CT molecular complexity index is 278. The molecule has 4 heteroatoms. The Kier molecular flexibility index (Phi) is 5.77. The van der Waals surface area contributed by atoms with Crippen LogP contribution in [-0.4, -0.2) is 31.3 Å². The minimum absolute atomic E-state index is 0.347. The van der Waals surface area contributed by atoms with Gasteiger partial charge in [0.05, 0.1) is 0 Å². The number of para-hydroxylation sites is 1. The third-order valence-electron chi connectivity index (χ3n) is 2.11. The second-order valence-electron chi connectivity index (χ2n) is 3.34. The van der Waals surface area contributed by atoms with Crippen molar-refractivity contribution in [3.63, 3.8) is 0 Å². The molecule has 84 valence electrons. The molecule has 0 aliphatic carbocycles. The summed E-state index contributed by atoms with van der Waals surface area (Å²) in [5.74, 6) is 0.347. The van der Waals surface area contributed by atoms with Crippen LogP contribution < -0.4 is 16.4 Å². The molecule has 0 heterocycles. The van der Waals surface area contributed by atoms with Crippen molar-refractivity contribution in [2.45, 2.75) is 6.54 Å². The maximum Gasteiger partial charge on any atom is 0.120 e. The average molecular weight is 209 g/mol. The van der Waals surface area contributed by atoms with E-state index in [2.05, 4.69) is 10.6 Å². The SMILES string of the molecule is NCCNCCNCc1ccccc1O. The number of hydrogen-bond donors (Lipinski definition) is 4. The molecule has 0 amide bonds. The van der Waals surface area contributed by atoms with Gasteiger partial charge >= 0.3 is 0 Å². The molecule has 15 heavy (non-hydrogen) atoms. The molecule has 4 nitrogen and oxygen atoms in total. The van der Waals surface area contributed by atoms with Crippen LogP contribution in [0, 0.1) is 0 Å². The van der Waals surface area contributed by atoms with E-state index in [0.29, 0.717) is 18.8 Å². The van der Waals surface area contributed by atoms with Gasteiger partial charge in [-0.2, -0.15) is 0 Å². The zero-order chi connectivity index (χ0) is 10.9. The molecule has 0 aromatic heterocycles. The van der Waals surface area contributed by atoms with E-state index >= 15 is 0 Å². The van der Waals surface area contributed by atoms with Crippen molar-refractivity contribution in [3.8, 4) is 5.75 Å². The first kappa shape index (κ1) is 12.0. The van der Waals surface area contributed by atoms with E-state index in [0.717, 1.165) is 25.2 Å². The van der Waals surface area contributed by atoms with Crippen LogP contribution in [0.5, 0.6) is 5.75 Å². The molecule has 0 aliphatic heterocycles. The third kappa shape index (κ3) is 4.78. The molecule has 0 saturated heterocycles. The predicted molar refractivity (Wildman–Crippen MR) is 61.7 cm³/mol. The van der Waals surface area contributed by atoms with E-state index in [4.69, 9.17) is 5.73 Å². The van der Waals surface area contributed by atoms with E-state index in [1.165, 1.54) is 0 Å². The van der Waals surface area contributed by atoms with Crippen molar-refractivity contribution in [3.05, 3.63) is 29.8 Å². The lowest BCUT2D eigenvalue weighted by Crippen LogP contribution is -2.30. The predicted octanol–water partition coefficient (Wildman–Crippen LogP) is 0.0301. The van der Waals surface area contributed by atoms with Crippen LogP contribution in [0.2, 0.25) is 0 Å². The molecule has 0 unspecified atom stereocenters. The standard InChI is InChI=1S/C11H19N3O/c12-5-6-13-7-8-14-9-10-3-1-2-4-11(10)15/h1-4,13-15H,5-9,12H2. The number of phenolic OH excluding ortho intramolecular Hbond substituents is 1. The van der Waals surface area contributed by atoms with Crippen LogP contribution in [0.3, 0.4) is 0 Å². The number of benzene rings is 1. The molecule has 0 radical (unpaired) electrons. The Labute approximate surface area is 90.5 Å². The fourth-order valence-electron chi connectivity index (χ4n) is 1.29. The highest BCUT2D eigenvalue weighted by molar-refractivity contribution is 5.31. The van der Waals surface area contributed by atoms with Gasteiger partial charge < -0.3 is 21.5 Å². The number of nitrogens with two attached hydrogens (primary N) is 1. The minimum atomic E-state index is 0.347. The summed E-state index contributed by atoms with van der Waals surface area (Å²) in [7, 11) is 0. The number of aromatic hydroxyl groups is 1. The maximum atomic E-state index is 9.48. The van der Waals surface area contributed by atoms with Crippen molar-refractivity contribution >= 4 is 0 Å². The molecule has 0 saturated carbocycles. The van der Waals surface area contributed by atoms with Gasteiger partial charge in [0.15, 0.2) is 0 Å². The zero-order valence-corrected chi connectivity index (χ0v) is 8.87. The Morgan fingerprint density at radius 3 is 2.53 bits per heavy atom. The lowest BCUT2D eigenvalue weighted by Gasteiger charge is -2.07. The summed E-state index contributed by atoms with van der Waals surface area (Å²) in [4.78, 5) is 0. The van der Waals surface area contributed by atoms with Crippen molar-refractivity contribution in [1.82, 2.24) is 10.6 Å². The molecule has 0 spiro atoms. The molecule has 0 atom stereocenters. The first-order valence-electron chi connectivity index (χ1n) is 5.23. The Morgan fingerprint density at radius 2 is 1.80 bits per heavy atom. The highest BCUT2D eigenvalue weighted by atomic mass is 16.3. The van der Waals surface area contributed by atoms with Crippen molar-refractivity contribution in [2.24, 2.45) is 5.73 Å². The lowest BCUT2D eigenvalue weighted by molar-refractivity contribution is 0.464. The zero-order valence-electron chi connectivity index (χ0n) is 8.87. The van der Waals surface area contributed by atoms with Crippen molar-refractivity contribution in [2.75, 3.05) is 26.2 Å². The lowest BCUT2D eigenvalue weighted by atomic mass is 10.2. The fraction of sp³-hybridized carbons (Fsp3) is 0.455. The van der Waals surface area contributed by atoms with Crippen molar-refractivity contribution in [1.29, 1.82) is 0 Å². The van der Waals surface area contributed by atoms with E-state index in [9.17, 15) is 5.11 Å². The van der Waals surface area contributed by atoms with E-state index < -0.39 is 0 Å². The summed E-state index contributed by atoms with van der Waals surface area (Å²) in [6, 6.07) is 7.35. The van der Waals surface area contributed by atoms with E-state index in [1.54, 1.807) is 6.07 Å². The van der Waals surface area contributed by atoms with Gasteiger partial charge in [0.25, 0.3) is 0 Å². The summed E-state index contributed by atoms with van der Waals surface area (Å²) in [5.41, 5.74) is 6.27. The maximum absolute atomic E-state index is 9.48. The summed E-state index contributed by atoms with van der Waals surface area (Å²) < 4.78 is 0. The van der Waals surface area contributed by atoms with Gasteiger partial charge in [0.2, 0.25) is 0 Å². The summed E-state index contributed by atoms with van der Waals surface area (Å²) >= 11 is 0. The smallest absolute Gasteiger partial charge is 0.120 e. The van der Waals surface area contributed by atoms with Crippen LogP contribution in [0.4, 0.5) is 0 Å². The number of nitrogens with one attached hydrogen (secondary N) is 2. The molecule has 5 N–H and O–H groups in total. The van der Waals surface area contributed by atoms with Gasteiger partial charge in [-0.25, -0.2) is 0 Å². The highest BCUT2D eigenvalue weighted by Crippen LogP contribution is 2.14. The molecule has 1 rings (SSSR count). The summed E-state index contributed by atoms with van der Waals surface area (Å²) in [5, 5.41) is 15.9. The number of phenols is 1. The third-order valence-corrected chi connectivity index (χ3v) is 2.11. The van der Waals surface area contributed by atoms with E-state index in [1.807, 2.05) is 18.2 Å². The fourth-order valence-corrected chi connectivity index (χ4v) is 1.29. The molecular formula is C11H19N3O. The second-order valence-corrected chi connectivity index (χ2v) is 3.34. The van der Waals surface area contributed by atoms with Gasteiger partial charge in [-0.1, -0.05) is 18.2 Å². The second kappa shape index (κ2) is 7.23. The first-order chi connectivity index (χ1) is 7.34.